The molecule has 1 aromatic rings. The first-order valence-electron chi connectivity index (χ1n) is 7.56. The standard InChI is InChI=1S/C17H26N2O2/c1-11-6-7-15(13(3)8-11)16-18-14(4)17(20)19(16)9-12(2)10-21-5/h6-8,12,14,16,18H,9-10H2,1-5H3. The van der Waals surface area contributed by atoms with Crippen LogP contribution >= 0.6 is 0 Å². The SMILES string of the molecule is COCC(C)CN1C(=O)C(C)NC1c1ccc(C)cc1C. The van der Waals surface area contributed by atoms with Gasteiger partial charge in [0.1, 0.15) is 6.17 Å². The number of nitrogens with one attached hydrogen (secondary N) is 1. The van der Waals surface area contributed by atoms with Gasteiger partial charge in [0.05, 0.1) is 12.6 Å². The third kappa shape index (κ3) is 3.44. The van der Waals surface area contributed by atoms with E-state index in [2.05, 4.69) is 44.3 Å². The molecule has 0 spiro atoms. The van der Waals surface area contributed by atoms with E-state index in [9.17, 15) is 4.79 Å². The maximum absolute atomic E-state index is 12.4. The number of methoxy groups -OCH3 is 1. The Hall–Kier alpha value is -1.39. The van der Waals surface area contributed by atoms with Gasteiger partial charge in [-0.25, -0.2) is 0 Å². The molecule has 4 heteroatoms. The van der Waals surface area contributed by atoms with Crippen molar-refractivity contribution in [3.8, 4) is 0 Å². The number of amides is 1. The minimum Gasteiger partial charge on any atom is -0.384 e. The van der Waals surface area contributed by atoms with E-state index in [1.807, 2.05) is 11.8 Å². The smallest absolute Gasteiger partial charge is 0.241 e. The van der Waals surface area contributed by atoms with Gasteiger partial charge < -0.3 is 9.64 Å². The molecule has 1 N–H and O–H groups in total. The topological polar surface area (TPSA) is 41.6 Å². The second-order valence-electron chi connectivity index (χ2n) is 6.20. The molecule has 2 rings (SSSR count). The highest BCUT2D eigenvalue weighted by molar-refractivity contribution is 5.84. The number of carbonyl (C=O) groups is 1. The molecule has 1 fully saturated rings. The average molecular weight is 290 g/mol. The average Bonchev–Trinajstić information content (AvgIpc) is 2.67. The maximum atomic E-state index is 12.4. The molecule has 1 saturated heterocycles. The summed E-state index contributed by atoms with van der Waals surface area (Å²) in [4.78, 5) is 14.4. The quantitative estimate of drug-likeness (QED) is 0.905. The molecule has 1 heterocycles. The molecule has 4 nitrogen and oxygen atoms in total. The molecular weight excluding hydrogens is 264 g/mol. The van der Waals surface area contributed by atoms with Crippen molar-refractivity contribution in [3.63, 3.8) is 0 Å². The largest absolute Gasteiger partial charge is 0.384 e. The van der Waals surface area contributed by atoms with Gasteiger partial charge in [0.15, 0.2) is 0 Å². The molecule has 116 valence electrons. The Morgan fingerprint density at radius 1 is 1.38 bits per heavy atom. The van der Waals surface area contributed by atoms with Gasteiger partial charge in [-0.2, -0.15) is 0 Å². The fourth-order valence-corrected chi connectivity index (χ4v) is 3.03. The van der Waals surface area contributed by atoms with Gasteiger partial charge >= 0.3 is 0 Å². The maximum Gasteiger partial charge on any atom is 0.241 e. The van der Waals surface area contributed by atoms with E-state index in [1.54, 1.807) is 7.11 Å². The summed E-state index contributed by atoms with van der Waals surface area (Å²) in [6.45, 7) is 9.61. The Kier molecular flexibility index (Phi) is 5.01. The van der Waals surface area contributed by atoms with Crippen molar-refractivity contribution in [1.82, 2.24) is 10.2 Å². The summed E-state index contributed by atoms with van der Waals surface area (Å²) in [5, 5.41) is 3.41. The highest BCUT2D eigenvalue weighted by atomic mass is 16.5. The molecule has 1 aliphatic rings. The van der Waals surface area contributed by atoms with Crippen LogP contribution in [0, 0.1) is 19.8 Å². The lowest BCUT2D eigenvalue weighted by Crippen LogP contribution is -2.35. The molecule has 1 aromatic carbocycles. The van der Waals surface area contributed by atoms with Gasteiger partial charge in [-0.1, -0.05) is 30.7 Å². The first-order chi connectivity index (χ1) is 9.93. The van der Waals surface area contributed by atoms with E-state index >= 15 is 0 Å². The van der Waals surface area contributed by atoms with Gasteiger partial charge in [-0.3, -0.25) is 10.1 Å². The number of benzene rings is 1. The zero-order chi connectivity index (χ0) is 15.6. The molecule has 21 heavy (non-hydrogen) atoms. The second kappa shape index (κ2) is 6.58. The Balaban J connectivity index is 2.25. The van der Waals surface area contributed by atoms with Crippen molar-refractivity contribution in [2.24, 2.45) is 5.92 Å². The number of ether oxygens (including phenoxy) is 1. The first kappa shape index (κ1) is 16.0. The molecule has 3 atom stereocenters. The van der Waals surface area contributed by atoms with E-state index in [-0.39, 0.29) is 18.1 Å². The van der Waals surface area contributed by atoms with Crippen LogP contribution in [0.4, 0.5) is 0 Å². The van der Waals surface area contributed by atoms with Crippen molar-refractivity contribution < 1.29 is 9.53 Å². The highest BCUT2D eigenvalue weighted by Gasteiger charge is 2.38. The number of carbonyl (C=O) groups excluding carboxylic acids is 1. The number of hydrogen-bond acceptors (Lipinski definition) is 3. The van der Waals surface area contributed by atoms with E-state index in [0.29, 0.717) is 19.1 Å². The molecule has 0 aliphatic carbocycles. The van der Waals surface area contributed by atoms with Crippen LogP contribution in [0.25, 0.3) is 0 Å². The first-order valence-corrected chi connectivity index (χ1v) is 7.56. The number of hydrogen-bond donors (Lipinski definition) is 1. The normalized spacial score (nSPS) is 23.7. The third-order valence-electron chi connectivity index (χ3n) is 4.05. The fourth-order valence-electron chi connectivity index (χ4n) is 3.03. The lowest BCUT2D eigenvalue weighted by atomic mass is 10.0. The van der Waals surface area contributed by atoms with Gasteiger partial charge in [-0.15, -0.1) is 0 Å². The molecule has 0 saturated carbocycles. The molecule has 0 aromatic heterocycles. The Bertz CT molecular complexity index is 516. The van der Waals surface area contributed by atoms with Crippen LogP contribution in [-0.4, -0.2) is 37.1 Å². The Morgan fingerprint density at radius 2 is 2.10 bits per heavy atom. The van der Waals surface area contributed by atoms with Crippen LogP contribution in [0.2, 0.25) is 0 Å². The molecule has 0 bridgehead atoms. The van der Waals surface area contributed by atoms with Gasteiger partial charge in [0.25, 0.3) is 0 Å². The minimum atomic E-state index is -0.134. The molecule has 1 amide bonds. The number of aryl methyl sites for hydroxylation is 2. The summed E-state index contributed by atoms with van der Waals surface area (Å²) in [5.41, 5.74) is 3.65. The van der Waals surface area contributed by atoms with Crippen molar-refractivity contribution in [2.45, 2.75) is 39.9 Å². The number of rotatable bonds is 5. The van der Waals surface area contributed by atoms with Gasteiger partial charge in [0, 0.05) is 13.7 Å². The number of nitrogens with zero attached hydrogens (tertiary/aromatic N) is 1. The van der Waals surface area contributed by atoms with Crippen molar-refractivity contribution in [3.05, 3.63) is 34.9 Å². The fraction of sp³-hybridized carbons (Fsp3) is 0.588. The van der Waals surface area contributed by atoms with Crippen LogP contribution < -0.4 is 5.32 Å². The summed E-state index contributed by atoms with van der Waals surface area (Å²) in [7, 11) is 1.70. The van der Waals surface area contributed by atoms with Crippen molar-refractivity contribution in [2.75, 3.05) is 20.3 Å². The van der Waals surface area contributed by atoms with Crippen LogP contribution in [-0.2, 0) is 9.53 Å². The lowest BCUT2D eigenvalue weighted by molar-refractivity contribution is -0.130. The van der Waals surface area contributed by atoms with Crippen LogP contribution in [0.1, 0.15) is 36.7 Å². The van der Waals surface area contributed by atoms with E-state index in [0.717, 1.165) is 0 Å². The van der Waals surface area contributed by atoms with E-state index in [1.165, 1.54) is 16.7 Å². The Labute approximate surface area is 127 Å². The summed E-state index contributed by atoms with van der Waals surface area (Å²) in [5.74, 6) is 0.488. The van der Waals surface area contributed by atoms with Crippen molar-refractivity contribution in [1.29, 1.82) is 0 Å². The van der Waals surface area contributed by atoms with Crippen LogP contribution in [0.15, 0.2) is 18.2 Å². The van der Waals surface area contributed by atoms with E-state index in [4.69, 9.17) is 4.74 Å². The van der Waals surface area contributed by atoms with Crippen LogP contribution in [0.5, 0.6) is 0 Å². The summed E-state index contributed by atoms with van der Waals surface area (Å²) in [6, 6.07) is 6.27. The van der Waals surface area contributed by atoms with Crippen molar-refractivity contribution >= 4 is 5.91 Å². The summed E-state index contributed by atoms with van der Waals surface area (Å²) >= 11 is 0. The monoisotopic (exact) mass is 290 g/mol. The predicted molar refractivity (Wildman–Crippen MR) is 84.0 cm³/mol. The Morgan fingerprint density at radius 3 is 2.71 bits per heavy atom. The van der Waals surface area contributed by atoms with Gasteiger partial charge in [0.2, 0.25) is 5.91 Å². The van der Waals surface area contributed by atoms with Gasteiger partial charge in [-0.05, 0) is 37.8 Å². The molecule has 1 aliphatic heterocycles. The highest BCUT2D eigenvalue weighted by Crippen LogP contribution is 2.29. The molecular formula is C17H26N2O2. The lowest BCUT2D eigenvalue weighted by Gasteiger charge is -2.28. The molecule has 3 unspecified atom stereocenters. The summed E-state index contributed by atoms with van der Waals surface area (Å²) < 4.78 is 5.20. The minimum absolute atomic E-state index is 0.0348. The van der Waals surface area contributed by atoms with Crippen LogP contribution in [0.3, 0.4) is 0 Å². The summed E-state index contributed by atoms with van der Waals surface area (Å²) in [6.07, 6.45) is -0.0348. The van der Waals surface area contributed by atoms with E-state index < -0.39 is 0 Å². The zero-order valence-electron chi connectivity index (χ0n) is 13.6. The molecule has 0 radical (unpaired) electrons. The third-order valence-corrected chi connectivity index (χ3v) is 4.05. The zero-order valence-corrected chi connectivity index (χ0v) is 13.6. The second-order valence-corrected chi connectivity index (χ2v) is 6.20. The predicted octanol–water partition coefficient (Wildman–Crippen LogP) is 2.40.